The van der Waals surface area contributed by atoms with Gasteiger partial charge in [0.1, 0.15) is 0 Å². The molecule has 0 aromatic carbocycles. The van der Waals surface area contributed by atoms with E-state index in [0.29, 0.717) is 5.92 Å². The second kappa shape index (κ2) is 19.4. The topological polar surface area (TPSA) is 46.5 Å². The monoisotopic (exact) mass is 412 g/mol. The van der Waals surface area contributed by atoms with Gasteiger partial charge in [-0.25, -0.2) is 0 Å². The summed E-state index contributed by atoms with van der Waals surface area (Å²) in [7, 11) is 1.38. The molecule has 4 atom stereocenters. The van der Waals surface area contributed by atoms with Crippen molar-refractivity contribution in [3.05, 3.63) is 0 Å². The molecule has 0 aliphatic carbocycles. The summed E-state index contributed by atoms with van der Waals surface area (Å²) in [6, 6.07) is 0. The van der Waals surface area contributed by atoms with E-state index in [1.807, 2.05) is 6.92 Å². The van der Waals surface area contributed by atoms with Crippen molar-refractivity contribution in [3.8, 4) is 0 Å². The third kappa shape index (κ3) is 15.9. The standard InChI is InChI=1S/C26H52O3/c1-6-7-8-9-10-11-12-13-14-15-16-17-18-19-20-22(2)21-23(3)25(27)24(4)26(28)29-5/h22-25,27H,6-21H2,1-5H3. The Hall–Kier alpha value is -0.570. The van der Waals surface area contributed by atoms with Gasteiger partial charge in [-0.15, -0.1) is 0 Å². The first-order valence-electron chi connectivity index (χ1n) is 12.7. The van der Waals surface area contributed by atoms with Gasteiger partial charge in [-0.3, -0.25) is 4.79 Å². The molecular weight excluding hydrogens is 360 g/mol. The van der Waals surface area contributed by atoms with Crippen LogP contribution >= 0.6 is 0 Å². The Bertz CT molecular complexity index is 369. The van der Waals surface area contributed by atoms with Crippen LogP contribution in [0.15, 0.2) is 0 Å². The summed E-state index contributed by atoms with van der Waals surface area (Å²) in [5.74, 6) is -0.0280. The van der Waals surface area contributed by atoms with Gasteiger partial charge in [-0.2, -0.15) is 0 Å². The molecule has 0 saturated carbocycles. The Morgan fingerprint density at radius 2 is 1.17 bits per heavy atom. The van der Waals surface area contributed by atoms with Crippen LogP contribution in [0.5, 0.6) is 0 Å². The molecule has 4 unspecified atom stereocenters. The van der Waals surface area contributed by atoms with E-state index >= 15 is 0 Å². The quantitative estimate of drug-likeness (QED) is 0.165. The average Bonchev–Trinajstić information content (AvgIpc) is 2.72. The van der Waals surface area contributed by atoms with E-state index in [2.05, 4.69) is 13.8 Å². The third-order valence-corrected chi connectivity index (χ3v) is 6.49. The molecule has 0 aliphatic rings. The molecule has 0 bridgehead atoms. The highest BCUT2D eigenvalue weighted by Crippen LogP contribution is 2.24. The number of methoxy groups -OCH3 is 1. The van der Waals surface area contributed by atoms with E-state index in [4.69, 9.17) is 4.74 Å². The van der Waals surface area contributed by atoms with Crippen LogP contribution < -0.4 is 0 Å². The number of rotatable bonds is 20. The summed E-state index contributed by atoms with van der Waals surface area (Å²) in [4.78, 5) is 11.6. The summed E-state index contributed by atoms with van der Waals surface area (Å²) in [5, 5.41) is 10.3. The number of hydrogen-bond acceptors (Lipinski definition) is 3. The van der Waals surface area contributed by atoms with Crippen LogP contribution in [0.3, 0.4) is 0 Å². The smallest absolute Gasteiger partial charge is 0.311 e. The minimum Gasteiger partial charge on any atom is -0.469 e. The normalized spacial score (nSPS) is 15.7. The van der Waals surface area contributed by atoms with Gasteiger partial charge < -0.3 is 9.84 Å². The number of aliphatic hydroxyl groups excluding tert-OH is 1. The first-order chi connectivity index (χ1) is 13.9. The summed E-state index contributed by atoms with van der Waals surface area (Å²) < 4.78 is 4.75. The minimum atomic E-state index is -0.610. The second-order valence-corrected chi connectivity index (χ2v) is 9.51. The number of aliphatic hydroxyl groups is 1. The first-order valence-corrected chi connectivity index (χ1v) is 12.7. The summed E-state index contributed by atoms with van der Waals surface area (Å²) in [5.41, 5.74) is 0. The Morgan fingerprint density at radius 1 is 0.759 bits per heavy atom. The van der Waals surface area contributed by atoms with Crippen molar-refractivity contribution in [3.63, 3.8) is 0 Å². The van der Waals surface area contributed by atoms with Crippen LogP contribution in [0.25, 0.3) is 0 Å². The van der Waals surface area contributed by atoms with Crippen LogP contribution in [0.2, 0.25) is 0 Å². The van der Waals surface area contributed by atoms with E-state index in [0.717, 1.165) is 6.42 Å². The van der Waals surface area contributed by atoms with E-state index in [-0.39, 0.29) is 11.9 Å². The molecule has 0 fully saturated rings. The van der Waals surface area contributed by atoms with Crippen molar-refractivity contribution in [1.82, 2.24) is 0 Å². The fourth-order valence-corrected chi connectivity index (χ4v) is 4.40. The Labute approximate surface area is 182 Å². The van der Waals surface area contributed by atoms with E-state index in [1.165, 1.54) is 103 Å². The Balaban J connectivity index is 3.51. The van der Waals surface area contributed by atoms with Gasteiger partial charge in [0.15, 0.2) is 0 Å². The molecule has 3 heteroatoms. The highest BCUT2D eigenvalue weighted by Gasteiger charge is 2.28. The van der Waals surface area contributed by atoms with Crippen LogP contribution in [-0.2, 0) is 9.53 Å². The van der Waals surface area contributed by atoms with Gasteiger partial charge in [0.2, 0.25) is 0 Å². The zero-order valence-electron chi connectivity index (χ0n) is 20.4. The maximum absolute atomic E-state index is 11.6. The predicted molar refractivity (Wildman–Crippen MR) is 125 cm³/mol. The lowest BCUT2D eigenvalue weighted by Gasteiger charge is -2.25. The Kier molecular flexibility index (Phi) is 19.0. The highest BCUT2D eigenvalue weighted by atomic mass is 16.5. The van der Waals surface area contributed by atoms with Gasteiger partial charge in [0.25, 0.3) is 0 Å². The Morgan fingerprint density at radius 3 is 1.59 bits per heavy atom. The summed E-state index contributed by atoms with van der Waals surface area (Å²) in [6.07, 6.45) is 21.1. The number of hydrogen-bond donors (Lipinski definition) is 1. The average molecular weight is 413 g/mol. The molecule has 3 nitrogen and oxygen atoms in total. The molecule has 0 rings (SSSR count). The molecule has 174 valence electrons. The molecule has 0 saturated heterocycles. The zero-order valence-corrected chi connectivity index (χ0v) is 20.4. The summed E-state index contributed by atoms with van der Waals surface area (Å²) in [6.45, 7) is 8.36. The van der Waals surface area contributed by atoms with Crippen molar-refractivity contribution in [1.29, 1.82) is 0 Å². The maximum atomic E-state index is 11.6. The predicted octanol–water partition coefficient (Wildman–Crippen LogP) is 7.69. The van der Waals surface area contributed by atoms with Crippen molar-refractivity contribution >= 4 is 5.97 Å². The molecular formula is C26H52O3. The number of esters is 1. The summed E-state index contributed by atoms with van der Waals surface area (Å²) >= 11 is 0. The molecule has 29 heavy (non-hydrogen) atoms. The minimum absolute atomic E-state index is 0.130. The lowest BCUT2D eigenvalue weighted by molar-refractivity contribution is -0.150. The van der Waals surface area contributed by atoms with Crippen LogP contribution in [0, 0.1) is 17.8 Å². The fraction of sp³-hybridized carbons (Fsp3) is 0.962. The van der Waals surface area contributed by atoms with Crippen molar-refractivity contribution < 1.29 is 14.6 Å². The van der Waals surface area contributed by atoms with Gasteiger partial charge >= 0.3 is 5.97 Å². The fourth-order valence-electron chi connectivity index (χ4n) is 4.40. The van der Waals surface area contributed by atoms with E-state index in [1.54, 1.807) is 6.92 Å². The molecule has 0 aromatic rings. The van der Waals surface area contributed by atoms with Crippen molar-refractivity contribution in [2.75, 3.05) is 7.11 Å². The number of carbonyl (C=O) groups excluding carboxylic acids is 1. The van der Waals surface area contributed by atoms with Crippen LogP contribution in [0.1, 0.15) is 130 Å². The van der Waals surface area contributed by atoms with Crippen molar-refractivity contribution in [2.24, 2.45) is 17.8 Å². The molecule has 0 radical (unpaired) electrons. The van der Waals surface area contributed by atoms with Crippen LogP contribution in [-0.4, -0.2) is 24.3 Å². The van der Waals surface area contributed by atoms with Gasteiger partial charge in [0, 0.05) is 0 Å². The third-order valence-electron chi connectivity index (χ3n) is 6.49. The SMILES string of the molecule is CCCCCCCCCCCCCCCCC(C)CC(C)C(O)C(C)C(=O)OC. The molecule has 0 amide bonds. The van der Waals surface area contributed by atoms with Gasteiger partial charge in [0.05, 0.1) is 19.1 Å². The number of ether oxygens (including phenoxy) is 1. The molecule has 1 N–H and O–H groups in total. The van der Waals surface area contributed by atoms with Crippen LogP contribution in [0.4, 0.5) is 0 Å². The van der Waals surface area contributed by atoms with Crippen molar-refractivity contribution in [2.45, 2.75) is 137 Å². The number of unbranched alkanes of at least 4 members (excludes halogenated alkanes) is 13. The lowest BCUT2D eigenvalue weighted by atomic mass is 9.85. The van der Waals surface area contributed by atoms with E-state index in [9.17, 15) is 9.90 Å². The molecule has 0 aromatic heterocycles. The highest BCUT2D eigenvalue weighted by molar-refractivity contribution is 5.72. The molecule has 0 spiro atoms. The largest absolute Gasteiger partial charge is 0.469 e. The van der Waals surface area contributed by atoms with Gasteiger partial charge in [-0.1, -0.05) is 117 Å². The number of carbonyl (C=O) groups is 1. The van der Waals surface area contributed by atoms with Gasteiger partial charge in [-0.05, 0) is 25.2 Å². The molecule has 0 aliphatic heterocycles. The maximum Gasteiger partial charge on any atom is 0.311 e. The van der Waals surface area contributed by atoms with E-state index < -0.39 is 12.0 Å². The first kappa shape index (κ1) is 28.4. The second-order valence-electron chi connectivity index (χ2n) is 9.51. The molecule has 0 heterocycles. The lowest BCUT2D eigenvalue weighted by Crippen LogP contribution is -2.32. The zero-order chi connectivity index (χ0) is 21.9.